The van der Waals surface area contributed by atoms with Gasteiger partial charge in [0.2, 0.25) is 10.0 Å². The highest BCUT2D eigenvalue weighted by atomic mass is 32.2. The molecular formula is C22H24N4O3S2. The average molecular weight is 457 g/mol. The van der Waals surface area contributed by atoms with Crippen molar-refractivity contribution in [1.29, 1.82) is 0 Å². The summed E-state index contributed by atoms with van der Waals surface area (Å²) in [6.45, 7) is 1.87. The number of carbonyl (C=O) groups is 1. The van der Waals surface area contributed by atoms with Crippen LogP contribution in [-0.4, -0.2) is 31.4 Å². The second kappa shape index (κ2) is 9.95. The van der Waals surface area contributed by atoms with E-state index < -0.39 is 10.0 Å². The maximum atomic E-state index is 12.7. The van der Waals surface area contributed by atoms with Crippen molar-refractivity contribution in [3.8, 4) is 0 Å². The van der Waals surface area contributed by atoms with E-state index in [4.69, 9.17) is 5.14 Å². The molecule has 0 saturated carbocycles. The molecule has 162 valence electrons. The number of primary sulfonamides is 1. The first kappa shape index (κ1) is 22.8. The van der Waals surface area contributed by atoms with E-state index in [2.05, 4.69) is 10.3 Å². The highest BCUT2D eigenvalue weighted by Crippen LogP contribution is 2.24. The van der Waals surface area contributed by atoms with Gasteiger partial charge in [0, 0.05) is 24.7 Å². The molecule has 3 rings (SSSR count). The Kier molecular flexibility index (Phi) is 7.32. The van der Waals surface area contributed by atoms with Crippen molar-refractivity contribution in [3.05, 3.63) is 84.1 Å². The van der Waals surface area contributed by atoms with E-state index in [0.29, 0.717) is 5.69 Å². The standard InChI is InChI=1S/C22H24N4O3S2/c1-16(18-9-11-20(12-10-18)31(23,28)29)26(2)22(27)25-19-7-5-6-17(14-19)15-30-21-8-3-4-13-24-21/h3-14,16H,15H2,1-2H3,(H,25,27)(H2,23,28,29). The van der Waals surface area contributed by atoms with Crippen LogP contribution in [0, 0.1) is 0 Å². The number of thioether (sulfide) groups is 1. The molecule has 3 N–H and O–H groups in total. The van der Waals surface area contributed by atoms with Crippen molar-refractivity contribution in [3.63, 3.8) is 0 Å². The number of aromatic nitrogens is 1. The first-order valence-corrected chi connectivity index (χ1v) is 12.1. The molecule has 0 aliphatic heterocycles. The summed E-state index contributed by atoms with van der Waals surface area (Å²) in [4.78, 5) is 18.6. The molecule has 1 unspecified atom stereocenters. The Morgan fingerprint density at radius 1 is 1.13 bits per heavy atom. The lowest BCUT2D eigenvalue weighted by Crippen LogP contribution is -2.33. The molecule has 9 heteroatoms. The molecule has 0 radical (unpaired) electrons. The van der Waals surface area contributed by atoms with Crippen LogP contribution in [0.2, 0.25) is 0 Å². The number of amides is 2. The van der Waals surface area contributed by atoms with Gasteiger partial charge in [0.15, 0.2) is 0 Å². The number of carbonyl (C=O) groups excluding carboxylic acids is 1. The summed E-state index contributed by atoms with van der Waals surface area (Å²) in [5, 5.41) is 8.99. The monoisotopic (exact) mass is 456 g/mol. The number of nitrogens with one attached hydrogen (secondary N) is 1. The van der Waals surface area contributed by atoms with Crippen LogP contribution in [0.1, 0.15) is 24.1 Å². The fourth-order valence-corrected chi connectivity index (χ4v) is 4.20. The third-order valence-corrected chi connectivity index (χ3v) is 6.74. The number of hydrogen-bond donors (Lipinski definition) is 2. The SMILES string of the molecule is CC(c1ccc(S(N)(=O)=O)cc1)N(C)C(=O)Nc1cccc(CSc2ccccn2)c1. The lowest BCUT2D eigenvalue weighted by atomic mass is 10.1. The predicted octanol–water partition coefficient (Wildman–Crippen LogP) is 4.25. The van der Waals surface area contributed by atoms with E-state index in [1.165, 1.54) is 12.1 Å². The number of urea groups is 1. The number of hydrogen-bond acceptors (Lipinski definition) is 5. The predicted molar refractivity (Wildman–Crippen MR) is 123 cm³/mol. The van der Waals surface area contributed by atoms with Crippen molar-refractivity contribution in [2.24, 2.45) is 5.14 Å². The minimum atomic E-state index is -3.75. The first-order chi connectivity index (χ1) is 14.7. The number of benzene rings is 2. The van der Waals surface area contributed by atoms with E-state index in [1.54, 1.807) is 42.0 Å². The summed E-state index contributed by atoms with van der Waals surface area (Å²) >= 11 is 1.63. The third-order valence-electron chi connectivity index (χ3n) is 4.80. The van der Waals surface area contributed by atoms with Gasteiger partial charge in [-0.1, -0.05) is 30.3 Å². The summed E-state index contributed by atoms with van der Waals surface area (Å²) in [5.74, 6) is 0.739. The van der Waals surface area contributed by atoms with Crippen molar-refractivity contribution in [1.82, 2.24) is 9.88 Å². The molecule has 3 aromatic rings. The molecular weight excluding hydrogens is 432 g/mol. The fourth-order valence-electron chi connectivity index (χ4n) is 2.88. The summed E-state index contributed by atoms with van der Waals surface area (Å²) < 4.78 is 22.8. The first-order valence-electron chi connectivity index (χ1n) is 9.53. The molecule has 2 aromatic carbocycles. The van der Waals surface area contributed by atoms with Gasteiger partial charge in [0.25, 0.3) is 0 Å². The second-order valence-corrected chi connectivity index (χ2v) is 9.55. The van der Waals surface area contributed by atoms with Gasteiger partial charge in [0.1, 0.15) is 0 Å². The molecule has 31 heavy (non-hydrogen) atoms. The van der Waals surface area contributed by atoms with Crippen LogP contribution in [0.15, 0.2) is 82.8 Å². The van der Waals surface area contributed by atoms with Crippen molar-refractivity contribution in [2.75, 3.05) is 12.4 Å². The molecule has 0 fully saturated rings. The number of anilines is 1. The lowest BCUT2D eigenvalue weighted by Gasteiger charge is -2.26. The maximum Gasteiger partial charge on any atom is 0.322 e. The lowest BCUT2D eigenvalue weighted by molar-refractivity contribution is 0.208. The van der Waals surface area contributed by atoms with Gasteiger partial charge < -0.3 is 10.2 Å². The topological polar surface area (TPSA) is 105 Å². The van der Waals surface area contributed by atoms with Gasteiger partial charge in [-0.2, -0.15) is 0 Å². The fraction of sp³-hybridized carbons (Fsp3) is 0.182. The van der Waals surface area contributed by atoms with Crippen LogP contribution in [0.25, 0.3) is 0 Å². The van der Waals surface area contributed by atoms with Crippen LogP contribution >= 0.6 is 11.8 Å². The number of rotatable bonds is 7. The van der Waals surface area contributed by atoms with Gasteiger partial charge in [-0.25, -0.2) is 23.3 Å². The molecule has 0 spiro atoms. The number of nitrogens with two attached hydrogens (primary N) is 1. The van der Waals surface area contributed by atoms with Crippen LogP contribution in [0.5, 0.6) is 0 Å². The number of nitrogens with zero attached hydrogens (tertiary/aromatic N) is 2. The van der Waals surface area contributed by atoms with Gasteiger partial charge in [-0.15, -0.1) is 11.8 Å². The molecule has 1 atom stereocenters. The van der Waals surface area contributed by atoms with Crippen molar-refractivity contribution in [2.45, 2.75) is 28.6 Å². The Bertz CT molecular complexity index is 1140. The molecule has 7 nitrogen and oxygen atoms in total. The Hall–Kier alpha value is -2.88. The molecule has 2 amide bonds. The third kappa shape index (κ3) is 6.30. The Morgan fingerprint density at radius 3 is 2.52 bits per heavy atom. The van der Waals surface area contributed by atoms with Crippen LogP contribution < -0.4 is 10.5 Å². The zero-order valence-corrected chi connectivity index (χ0v) is 18.9. The number of sulfonamides is 1. The van der Waals surface area contributed by atoms with Crippen molar-refractivity contribution < 1.29 is 13.2 Å². The summed E-state index contributed by atoms with van der Waals surface area (Å²) in [6.07, 6.45) is 1.76. The van der Waals surface area contributed by atoms with Gasteiger partial charge in [-0.3, -0.25) is 0 Å². The van der Waals surface area contributed by atoms with Crippen LogP contribution in [-0.2, 0) is 15.8 Å². The quantitative estimate of drug-likeness (QED) is 0.517. The van der Waals surface area contributed by atoms with E-state index in [9.17, 15) is 13.2 Å². The van der Waals surface area contributed by atoms with Crippen LogP contribution in [0.3, 0.4) is 0 Å². The largest absolute Gasteiger partial charge is 0.322 e. The summed E-state index contributed by atoms with van der Waals surface area (Å²) in [5.41, 5.74) is 2.57. The smallest absolute Gasteiger partial charge is 0.321 e. The van der Waals surface area contributed by atoms with E-state index in [0.717, 1.165) is 21.9 Å². The summed E-state index contributed by atoms with van der Waals surface area (Å²) in [7, 11) is -2.06. The van der Waals surface area contributed by atoms with Gasteiger partial charge in [-0.05, 0) is 54.4 Å². The Morgan fingerprint density at radius 2 is 1.87 bits per heavy atom. The van der Waals surface area contributed by atoms with Crippen molar-refractivity contribution >= 4 is 33.5 Å². The highest BCUT2D eigenvalue weighted by molar-refractivity contribution is 7.98. The number of pyridine rings is 1. The van der Waals surface area contributed by atoms with Crippen LogP contribution in [0.4, 0.5) is 10.5 Å². The molecule has 1 heterocycles. The minimum absolute atomic E-state index is 0.0379. The van der Waals surface area contributed by atoms with E-state index in [1.807, 2.05) is 49.4 Å². The average Bonchev–Trinajstić information content (AvgIpc) is 2.77. The Balaban J connectivity index is 1.62. The second-order valence-electron chi connectivity index (χ2n) is 6.99. The normalized spacial score (nSPS) is 12.2. The molecule has 0 aliphatic rings. The van der Waals surface area contributed by atoms with Gasteiger partial charge in [0.05, 0.1) is 16.0 Å². The molecule has 1 aromatic heterocycles. The molecule has 0 saturated heterocycles. The molecule has 0 aliphatic carbocycles. The molecule has 0 bridgehead atoms. The Labute approximate surface area is 186 Å². The highest BCUT2D eigenvalue weighted by Gasteiger charge is 2.18. The maximum absolute atomic E-state index is 12.7. The van der Waals surface area contributed by atoms with E-state index >= 15 is 0 Å². The zero-order valence-electron chi connectivity index (χ0n) is 17.2. The van der Waals surface area contributed by atoms with E-state index in [-0.39, 0.29) is 17.0 Å². The van der Waals surface area contributed by atoms with Gasteiger partial charge >= 0.3 is 6.03 Å². The zero-order chi connectivity index (χ0) is 22.4. The summed E-state index contributed by atoms with van der Waals surface area (Å²) in [6, 6.07) is 19.1. The minimum Gasteiger partial charge on any atom is -0.321 e.